The first-order valence-corrected chi connectivity index (χ1v) is 9.42. The van der Waals surface area contributed by atoms with Gasteiger partial charge in [-0.2, -0.15) is 0 Å². The molecule has 2 heterocycles. The maximum Gasteiger partial charge on any atom is 0.335 e. The van der Waals surface area contributed by atoms with E-state index in [-0.39, 0.29) is 5.56 Å². The zero-order chi connectivity index (χ0) is 20.7. The fourth-order valence-corrected chi connectivity index (χ4v) is 3.48. The average Bonchev–Trinajstić information content (AvgIpc) is 3.00. The van der Waals surface area contributed by atoms with Gasteiger partial charge in [-0.05, 0) is 42.7 Å². The van der Waals surface area contributed by atoms with E-state index in [1.807, 2.05) is 43.3 Å². The number of fused-ring (bicyclic) bond motifs is 1. The Morgan fingerprint density at radius 1 is 1.07 bits per heavy atom. The summed E-state index contributed by atoms with van der Waals surface area (Å²) < 4.78 is 1.10. The van der Waals surface area contributed by atoms with Crippen LogP contribution in [0.15, 0.2) is 63.1 Å². The van der Waals surface area contributed by atoms with E-state index in [1.165, 1.54) is 0 Å². The van der Waals surface area contributed by atoms with Crippen LogP contribution in [0.2, 0.25) is 0 Å². The fraction of sp³-hybridized carbons (Fsp3) is 0.174. The number of rotatable bonds is 3. The molecule has 1 aliphatic rings. The van der Waals surface area contributed by atoms with Crippen LogP contribution in [0.1, 0.15) is 43.4 Å². The summed E-state index contributed by atoms with van der Waals surface area (Å²) in [6.45, 7) is 6.00. The first-order chi connectivity index (χ1) is 13.9. The van der Waals surface area contributed by atoms with Gasteiger partial charge in [-0.25, -0.2) is 9.36 Å². The number of aromatic amines is 1. The largest absolute Gasteiger partial charge is 0.494 e. The molecule has 4 rings (SSSR count). The van der Waals surface area contributed by atoms with Gasteiger partial charge in [0.1, 0.15) is 5.56 Å². The number of allylic oxidation sites excluding steroid dienone is 1. The van der Waals surface area contributed by atoms with Crippen molar-refractivity contribution in [2.45, 2.75) is 26.7 Å². The third-order valence-corrected chi connectivity index (χ3v) is 5.10. The van der Waals surface area contributed by atoms with E-state index in [4.69, 9.17) is 0 Å². The molecule has 6 heteroatoms. The second-order valence-electron chi connectivity index (χ2n) is 7.35. The summed E-state index contributed by atoms with van der Waals surface area (Å²) in [6.07, 6.45) is 1.58. The molecule has 0 amide bonds. The maximum absolute atomic E-state index is 12.5. The number of benzene rings is 2. The third-order valence-electron chi connectivity index (χ3n) is 5.10. The van der Waals surface area contributed by atoms with Crippen LogP contribution in [0.5, 0.6) is 5.88 Å². The molecule has 1 aliphatic heterocycles. The highest BCUT2D eigenvalue weighted by molar-refractivity contribution is 6.31. The minimum Gasteiger partial charge on any atom is -0.494 e. The van der Waals surface area contributed by atoms with Crippen LogP contribution < -0.4 is 11.2 Å². The summed E-state index contributed by atoms with van der Waals surface area (Å²) >= 11 is 0. The van der Waals surface area contributed by atoms with E-state index in [0.717, 1.165) is 32.7 Å². The van der Waals surface area contributed by atoms with E-state index in [9.17, 15) is 14.7 Å². The number of hydrogen-bond donors (Lipinski definition) is 2. The second-order valence-corrected chi connectivity index (χ2v) is 7.35. The van der Waals surface area contributed by atoms with Gasteiger partial charge >= 0.3 is 5.69 Å². The van der Waals surface area contributed by atoms with Crippen LogP contribution in [0, 0.1) is 0 Å². The molecule has 0 saturated carbocycles. The minimum atomic E-state index is -0.691. The minimum absolute atomic E-state index is 0.0128. The van der Waals surface area contributed by atoms with Crippen LogP contribution in [-0.4, -0.2) is 20.4 Å². The highest BCUT2D eigenvalue weighted by Crippen LogP contribution is 2.36. The molecule has 6 nitrogen and oxygen atoms in total. The molecule has 2 N–H and O–H groups in total. The normalized spacial score (nSPS) is 14.3. The summed E-state index contributed by atoms with van der Waals surface area (Å²) in [5.74, 6) is -0.0596. The maximum atomic E-state index is 12.5. The van der Waals surface area contributed by atoms with Crippen molar-refractivity contribution in [3.63, 3.8) is 0 Å². The molecule has 2 aromatic carbocycles. The lowest BCUT2D eigenvalue weighted by Gasteiger charge is -2.12. The summed E-state index contributed by atoms with van der Waals surface area (Å²) in [7, 11) is 0. The van der Waals surface area contributed by atoms with Crippen molar-refractivity contribution in [2.24, 2.45) is 4.99 Å². The number of aromatic nitrogens is 2. The van der Waals surface area contributed by atoms with Crippen LogP contribution in [0.3, 0.4) is 0 Å². The smallest absolute Gasteiger partial charge is 0.335 e. The summed E-state index contributed by atoms with van der Waals surface area (Å²) in [4.78, 5) is 31.7. The topological polar surface area (TPSA) is 87.4 Å². The van der Waals surface area contributed by atoms with Crippen molar-refractivity contribution in [3.8, 4) is 11.6 Å². The van der Waals surface area contributed by atoms with Crippen molar-refractivity contribution in [3.05, 3.63) is 86.1 Å². The molecule has 146 valence electrons. The highest BCUT2D eigenvalue weighted by Gasteiger charge is 2.20. The van der Waals surface area contributed by atoms with E-state index in [2.05, 4.69) is 23.8 Å². The quantitative estimate of drug-likeness (QED) is 0.712. The SMILES string of the molecule is CC1=Nc2ccccc2C1=Cc1c(O)n(-c2ccc(C(C)C)cc2)c(=O)[nH]c1=O. The molecule has 0 atom stereocenters. The number of hydrogen-bond acceptors (Lipinski definition) is 4. The molecule has 0 fully saturated rings. The van der Waals surface area contributed by atoms with Gasteiger partial charge in [0.2, 0.25) is 5.88 Å². The first kappa shape index (κ1) is 18.7. The van der Waals surface area contributed by atoms with Gasteiger partial charge in [0.05, 0.1) is 11.4 Å². The van der Waals surface area contributed by atoms with Crippen molar-refractivity contribution in [2.75, 3.05) is 0 Å². The number of nitrogens with one attached hydrogen (secondary N) is 1. The first-order valence-electron chi connectivity index (χ1n) is 9.42. The average molecular weight is 387 g/mol. The van der Waals surface area contributed by atoms with E-state index < -0.39 is 17.1 Å². The Hall–Kier alpha value is -3.67. The van der Waals surface area contributed by atoms with Crippen LogP contribution in [0.25, 0.3) is 17.3 Å². The zero-order valence-corrected chi connectivity index (χ0v) is 16.4. The van der Waals surface area contributed by atoms with Crippen molar-refractivity contribution in [1.29, 1.82) is 0 Å². The number of aliphatic imine (C=N–C) groups is 1. The molecular formula is C23H21N3O3. The Morgan fingerprint density at radius 2 is 1.76 bits per heavy atom. The van der Waals surface area contributed by atoms with Gasteiger partial charge in [0.25, 0.3) is 5.56 Å². The molecule has 0 unspecified atom stereocenters. The van der Waals surface area contributed by atoms with E-state index in [0.29, 0.717) is 11.6 Å². The monoisotopic (exact) mass is 387 g/mol. The number of aromatic hydroxyl groups is 1. The summed E-state index contributed by atoms with van der Waals surface area (Å²) in [5.41, 5.74) is 3.43. The third kappa shape index (κ3) is 3.23. The Morgan fingerprint density at radius 3 is 2.45 bits per heavy atom. The van der Waals surface area contributed by atoms with Crippen LogP contribution in [-0.2, 0) is 0 Å². The predicted octanol–water partition coefficient (Wildman–Crippen LogP) is 4.00. The molecular weight excluding hydrogens is 366 g/mol. The van der Waals surface area contributed by atoms with Gasteiger partial charge in [0.15, 0.2) is 0 Å². The molecule has 0 aliphatic carbocycles. The lowest BCUT2D eigenvalue weighted by molar-refractivity contribution is 0.429. The Kier molecular flexibility index (Phi) is 4.54. The Bertz CT molecular complexity index is 1280. The van der Waals surface area contributed by atoms with Crippen LogP contribution >= 0.6 is 0 Å². The van der Waals surface area contributed by atoms with Gasteiger partial charge in [-0.15, -0.1) is 0 Å². The predicted molar refractivity (Wildman–Crippen MR) is 115 cm³/mol. The number of H-pyrrole nitrogens is 1. The molecule has 29 heavy (non-hydrogen) atoms. The van der Waals surface area contributed by atoms with Gasteiger partial charge in [0, 0.05) is 16.8 Å². The lowest BCUT2D eigenvalue weighted by atomic mass is 10.0. The highest BCUT2D eigenvalue weighted by atomic mass is 16.3. The number of nitrogens with zero attached hydrogens (tertiary/aromatic N) is 2. The second kappa shape index (κ2) is 7.05. The summed E-state index contributed by atoms with van der Waals surface area (Å²) in [5, 5.41) is 10.8. The van der Waals surface area contributed by atoms with Crippen molar-refractivity contribution < 1.29 is 5.11 Å². The van der Waals surface area contributed by atoms with E-state index >= 15 is 0 Å². The Balaban J connectivity index is 1.89. The van der Waals surface area contributed by atoms with Crippen molar-refractivity contribution >= 4 is 23.0 Å². The molecule has 0 spiro atoms. The molecule has 0 bridgehead atoms. The molecule has 0 radical (unpaired) electrons. The molecule has 1 aromatic heterocycles. The van der Waals surface area contributed by atoms with Crippen LogP contribution in [0.4, 0.5) is 5.69 Å². The fourth-order valence-electron chi connectivity index (χ4n) is 3.48. The van der Waals surface area contributed by atoms with E-state index in [1.54, 1.807) is 18.2 Å². The number of para-hydroxylation sites is 1. The summed E-state index contributed by atoms with van der Waals surface area (Å²) in [6, 6.07) is 14.9. The van der Waals surface area contributed by atoms with Gasteiger partial charge < -0.3 is 5.11 Å². The molecule has 3 aromatic rings. The standard InChI is InChI=1S/C23H21N3O3/c1-13(2)15-8-10-16(11-9-15)26-22(28)19(21(27)25-23(26)29)12-18-14(3)24-20-7-5-4-6-17(18)20/h4-13,28H,1-3H3,(H,25,27,29). The lowest BCUT2D eigenvalue weighted by Crippen LogP contribution is -2.30. The zero-order valence-electron chi connectivity index (χ0n) is 16.4. The van der Waals surface area contributed by atoms with Gasteiger partial charge in [-0.1, -0.05) is 44.2 Å². The Labute approximate surface area is 167 Å². The van der Waals surface area contributed by atoms with Crippen molar-refractivity contribution in [1.82, 2.24) is 9.55 Å². The van der Waals surface area contributed by atoms with Gasteiger partial charge in [-0.3, -0.25) is 14.8 Å². The molecule has 0 saturated heterocycles.